The summed E-state index contributed by atoms with van der Waals surface area (Å²) < 4.78 is 38.0. The Balaban J connectivity index is 0.000000224. The summed E-state index contributed by atoms with van der Waals surface area (Å²) in [5.41, 5.74) is 7.09. The molecule has 2 aliphatic carbocycles. The van der Waals surface area contributed by atoms with Crippen LogP contribution in [0.5, 0.6) is 0 Å². The van der Waals surface area contributed by atoms with E-state index >= 15 is 0 Å². The Labute approximate surface area is 131 Å². The molecule has 4 N–H and O–H groups in total. The SMILES string of the molecule is CN(C)C1CCC(NF)C(F)C1.CNC1CCC(N)CC1F. The molecule has 2 aliphatic rings. The molecule has 0 aromatic rings. The lowest BCUT2D eigenvalue weighted by atomic mass is 9.89. The summed E-state index contributed by atoms with van der Waals surface area (Å²) in [7, 11) is 5.66. The third kappa shape index (κ3) is 6.02. The van der Waals surface area contributed by atoms with Gasteiger partial charge < -0.3 is 16.0 Å². The average Bonchev–Trinajstić information content (AvgIpc) is 2.48. The molecule has 0 spiro atoms. The maximum atomic E-state index is 13.1. The normalized spacial score (nSPS) is 39.3. The predicted octanol–water partition coefficient (Wildman–Crippen LogP) is 1.71. The first-order valence-electron chi connectivity index (χ1n) is 8.12. The number of hydrogen-bond donors (Lipinski definition) is 3. The minimum absolute atomic E-state index is 0.0415. The van der Waals surface area contributed by atoms with E-state index in [4.69, 9.17) is 5.73 Å². The zero-order chi connectivity index (χ0) is 16.7. The molecule has 7 heteroatoms. The highest BCUT2D eigenvalue weighted by Crippen LogP contribution is 2.24. The van der Waals surface area contributed by atoms with Crippen LogP contribution in [0.4, 0.5) is 13.3 Å². The number of nitrogens with two attached hydrogens (primary N) is 1. The number of hydrogen-bond acceptors (Lipinski definition) is 4. The molecule has 0 amide bonds. The van der Waals surface area contributed by atoms with Gasteiger partial charge in [0.1, 0.15) is 12.3 Å². The summed E-state index contributed by atoms with van der Waals surface area (Å²) in [4.78, 5) is 2.00. The smallest absolute Gasteiger partial charge is 0.119 e. The molecular weight excluding hydrogens is 293 g/mol. The highest BCUT2D eigenvalue weighted by Gasteiger charge is 2.31. The molecule has 0 bridgehead atoms. The van der Waals surface area contributed by atoms with Gasteiger partial charge in [-0.25, -0.2) is 8.78 Å². The third-order valence-electron chi connectivity index (χ3n) is 4.80. The second-order valence-corrected chi connectivity index (χ2v) is 6.65. The summed E-state index contributed by atoms with van der Waals surface area (Å²) >= 11 is 0. The number of alkyl halides is 2. The molecule has 2 rings (SSSR count). The van der Waals surface area contributed by atoms with Crippen molar-refractivity contribution in [2.24, 2.45) is 5.73 Å². The minimum Gasteiger partial charge on any atom is -0.328 e. The van der Waals surface area contributed by atoms with Crippen LogP contribution in [0.15, 0.2) is 0 Å². The van der Waals surface area contributed by atoms with Gasteiger partial charge in [0.05, 0.1) is 6.04 Å². The lowest BCUT2D eigenvalue weighted by Crippen LogP contribution is -2.44. The van der Waals surface area contributed by atoms with E-state index in [9.17, 15) is 13.3 Å². The van der Waals surface area contributed by atoms with Gasteiger partial charge in [0, 0.05) is 18.1 Å². The molecule has 0 aromatic carbocycles. The van der Waals surface area contributed by atoms with E-state index in [1.165, 1.54) is 5.54 Å². The van der Waals surface area contributed by atoms with E-state index in [1.54, 1.807) is 7.05 Å². The third-order valence-corrected chi connectivity index (χ3v) is 4.80. The first kappa shape index (κ1) is 19.7. The summed E-state index contributed by atoms with van der Waals surface area (Å²) in [5, 5.41) is 2.94. The van der Waals surface area contributed by atoms with Crippen molar-refractivity contribution in [3.8, 4) is 0 Å². The van der Waals surface area contributed by atoms with E-state index in [0.29, 0.717) is 19.3 Å². The summed E-state index contributed by atoms with van der Waals surface area (Å²) in [6, 6.07) is -0.190. The molecule has 6 unspecified atom stereocenters. The first-order valence-corrected chi connectivity index (χ1v) is 8.12. The molecule has 0 aromatic heterocycles. The van der Waals surface area contributed by atoms with Crippen molar-refractivity contribution in [2.45, 2.75) is 75.0 Å². The lowest BCUT2D eigenvalue weighted by molar-refractivity contribution is 0.0828. The summed E-state index contributed by atoms with van der Waals surface area (Å²) in [6.45, 7) is 0. The van der Waals surface area contributed by atoms with Crippen molar-refractivity contribution in [2.75, 3.05) is 21.1 Å². The molecule has 0 radical (unpaired) electrons. The molecule has 0 saturated heterocycles. The van der Waals surface area contributed by atoms with Crippen LogP contribution in [-0.4, -0.2) is 62.6 Å². The average molecular weight is 324 g/mol. The molecule has 2 saturated carbocycles. The van der Waals surface area contributed by atoms with Crippen LogP contribution in [0.25, 0.3) is 0 Å². The summed E-state index contributed by atoms with van der Waals surface area (Å²) in [6.07, 6.45) is 2.45. The molecular formula is C15H31F3N4. The minimum atomic E-state index is -1.05. The number of nitrogens with one attached hydrogen (secondary N) is 2. The second kappa shape index (κ2) is 9.70. The van der Waals surface area contributed by atoms with Crippen molar-refractivity contribution in [1.82, 2.24) is 15.8 Å². The monoisotopic (exact) mass is 324 g/mol. The van der Waals surface area contributed by atoms with Gasteiger partial charge >= 0.3 is 0 Å². The maximum absolute atomic E-state index is 13.1. The van der Waals surface area contributed by atoms with Gasteiger partial charge in [0.15, 0.2) is 0 Å². The van der Waals surface area contributed by atoms with Crippen molar-refractivity contribution >= 4 is 0 Å². The molecule has 6 atom stereocenters. The Kier molecular flexibility index (Phi) is 8.67. The Bertz CT molecular complexity index is 307. The highest BCUT2D eigenvalue weighted by atomic mass is 19.2. The number of nitrogens with zero attached hydrogens (tertiary/aromatic N) is 1. The van der Waals surface area contributed by atoms with E-state index in [2.05, 4.69) is 5.32 Å². The van der Waals surface area contributed by atoms with E-state index in [-0.39, 0.29) is 18.1 Å². The Morgan fingerprint density at radius 3 is 2.00 bits per heavy atom. The number of rotatable bonds is 3. The van der Waals surface area contributed by atoms with Gasteiger partial charge in [0.2, 0.25) is 0 Å². The molecule has 0 aliphatic heterocycles. The number of halogens is 3. The second-order valence-electron chi connectivity index (χ2n) is 6.65. The molecule has 132 valence electrons. The summed E-state index contributed by atoms with van der Waals surface area (Å²) in [5.74, 6) is 0. The molecule has 2 fully saturated rings. The van der Waals surface area contributed by atoms with Gasteiger partial charge in [-0.1, -0.05) is 0 Å². The topological polar surface area (TPSA) is 53.3 Å². The van der Waals surface area contributed by atoms with Crippen LogP contribution in [0.2, 0.25) is 0 Å². The fourth-order valence-corrected chi connectivity index (χ4v) is 3.16. The Hall–Kier alpha value is -0.370. The predicted molar refractivity (Wildman–Crippen MR) is 83.8 cm³/mol. The van der Waals surface area contributed by atoms with Crippen molar-refractivity contribution in [3.05, 3.63) is 0 Å². The van der Waals surface area contributed by atoms with Crippen molar-refractivity contribution < 1.29 is 13.3 Å². The van der Waals surface area contributed by atoms with Crippen molar-refractivity contribution in [1.29, 1.82) is 0 Å². The van der Waals surface area contributed by atoms with Crippen LogP contribution < -0.4 is 16.6 Å². The molecule has 4 nitrogen and oxygen atoms in total. The van der Waals surface area contributed by atoms with Gasteiger partial charge in [0.25, 0.3) is 0 Å². The standard InChI is InChI=1S/C8H16F2N2.C7H15FN2/c1-12(2)6-3-4-8(11-10)7(9)5-6;1-10-7-3-2-5(9)4-6(7)8/h6-8,11H,3-5H2,1-2H3;5-7,10H,2-4,9H2,1H3. The van der Waals surface area contributed by atoms with E-state index in [1.807, 2.05) is 19.0 Å². The van der Waals surface area contributed by atoms with E-state index < -0.39 is 18.4 Å². The highest BCUT2D eigenvalue weighted by molar-refractivity contribution is 4.86. The van der Waals surface area contributed by atoms with Crippen LogP contribution >= 0.6 is 0 Å². The van der Waals surface area contributed by atoms with Crippen LogP contribution in [0.3, 0.4) is 0 Å². The fraction of sp³-hybridized carbons (Fsp3) is 1.00. The fourth-order valence-electron chi connectivity index (χ4n) is 3.16. The zero-order valence-corrected chi connectivity index (χ0v) is 13.9. The van der Waals surface area contributed by atoms with Gasteiger partial charge in [-0.05, 0) is 59.7 Å². The largest absolute Gasteiger partial charge is 0.328 e. The Morgan fingerprint density at radius 1 is 0.955 bits per heavy atom. The van der Waals surface area contributed by atoms with Crippen LogP contribution in [0.1, 0.15) is 38.5 Å². The van der Waals surface area contributed by atoms with Crippen LogP contribution in [-0.2, 0) is 0 Å². The molecule has 22 heavy (non-hydrogen) atoms. The Morgan fingerprint density at radius 2 is 1.55 bits per heavy atom. The zero-order valence-electron chi connectivity index (χ0n) is 13.9. The van der Waals surface area contributed by atoms with Gasteiger partial charge in [-0.3, -0.25) is 0 Å². The quantitative estimate of drug-likeness (QED) is 0.692. The van der Waals surface area contributed by atoms with E-state index in [0.717, 1.165) is 19.3 Å². The first-order chi connectivity index (χ1) is 10.4. The molecule has 0 heterocycles. The van der Waals surface area contributed by atoms with Gasteiger partial charge in [-0.15, -0.1) is 4.48 Å². The maximum Gasteiger partial charge on any atom is 0.119 e. The van der Waals surface area contributed by atoms with Crippen molar-refractivity contribution in [3.63, 3.8) is 0 Å². The lowest BCUT2D eigenvalue weighted by Gasteiger charge is -2.33. The van der Waals surface area contributed by atoms with Gasteiger partial charge in [-0.2, -0.15) is 5.54 Å². The van der Waals surface area contributed by atoms with Crippen LogP contribution in [0, 0.1) is 0 Å².